The maximum absolute atomic E-state index is 12.9. The molecule has 4 aliphatic rings. The summed E-state index contributed by atoms with van der Waals surface area (Å²) < 4.78 is 0. The highest BCUT2D eigenvalue weighted by atomic mass is 16.4. The van der Waals surface area contributed by atoms with Crippen LogP contribution in [0.25, 0.3) is 0 Å². The van der Waals surface area contributed by atoms with Crippen LogP contribution >= 0.6 is 0 Å². The van der Waals surface area contributed by atoms with Gasteiger partial charge in [-0.25, -0.2) is 0 Å². The van der Waals surface area contributed by atoms with E-state index in [0.29, 0.717) is 31.2 Å². The van der Waals surface area contributed by atoms with Gasteiger partial charge in [0.05, 0.1) is 17.8 Å². The number of nitrogens with two attached hydrogens (primary N) is 1. The fourth-order valence-corrected chi connectivity index (χ4v) is 6.32. The second kappa shape index (κ2) is 8.13. The van der Waals surface area contributed by atoms with Crippen molar-refractivity contribution in [3.05, 3.63) is 0 Å². The lowest BCUT2D eigenvalue weighted by atomic mass is 9.75. The SMILES string of the molecule is NC1CCC(CC2CCC(N3C(=O)C4CCC(C(=O)O)CC4C3=O)CC2)CC1. The van der Waals surface area contributed by atoms with Crippen LogP contribution in [0.3, 0.4) is 0 Å². The summed E-state index contributed by atoms with van der Waals surface area (Å²) >= 11 is 0. The first-order valence-corrected chi connectivity index (χ1v) is 11.3. The minimum atomic E-state index is -0.832. The Hall–Kier alpha value is -1.43. The molecule has 0 radical (unpaired) electrons. The minimum absolute atomic E-state index is 0.0245. The Labute approximate surface area is 167 Å². The number of carbonyl (C=O) groups excluding carboxylic acids is 2. The van der Waals surface area contributed by atoms with Crippen molar-refractivity contribution in [3.8, 4) is 0 Å². The molecule has 1 saturated heterocycles. The molecular formula is C22H34N2O4. The summed E-state index contributed by atoms with van der Waals surface area (Å²) in [7, 11) is 0. The van der Waals surface area contributed by atoms with Crippen LogP contribution in [0.4, 0.5) is 0 Å². The van der Waals surface area contributed by atoms with E-state index < -0.39 is 17.8 Å². The molecule has 1 heterocycles. The number of amides is 2. The van der Waals surface area contributed by atoms with Gasteiger partial charge in [-0.3, -0.25) is 19.3 Å². The van der Waals surface area contributed by atoms with Gasteiger partial charge in [0.2, 0.25) is 11.8 Å². The molecule has 3 atom stereocenters. The smallest absolute Gasteiger partial charge is 0.306 e. The van der Waals surface area contributed by atoms with Gasteiger partial charge in [0, 0.05) is 12.1 Å². The number of imide groups is 1. The molecule has 28 heavy (non-hydrogen) atoms. The molecule has 3 unspecified atom stereocenters. The third-order valence-corrected chi connectivity index (χ3v) is 8.05. The summed E-state index contributed by atoms with van der Waals surface area (Å²) in [6, 6.07) is 0.424. The lowest BCUT2D eigenvalue weighted by Crippen LogP contribution is -2.43. The average molecular weight is 391 g/mol. The zero-order valence-electron chi connectivity index (χ0n) is 16.7. The van der Waals surface area contributed by atoms with Gasteiger partial charge in [-0.05, 0) is 88.9 Å². The first-order chi connectivity index (χ1) is 13.4. The molecule has 2 amide bonds. The van der Waals surface area contributed by atoms with E-state index in [2.05, 4.69) is 0 Å². The molecule has 0 aromatic carbocycles. The van der Waals surface area contributed by atoms with Crippen molar-refractivity contribution in [1.82, 2.24) is 4.90 Å². The van der Waals surface area contributed by atoms with E-state index in [1.54, 1.807) is 4.90 Å². The summed E-state index contributed by atoms with van der Waals surface area (Å²) in [5.74, 6) is -0.582. The predicted octanol–water partition coefficient (Wildman–Crippen LogP) is 2.94. The Balaban J connectivity index is 1.31. The summed E-state index contributed by atoms with van der Waals surface area (Å²) in [4.78, 5) is 38.7. The van der Waals surface area contributed by atoms with Crippen molar-refractivity contribution in [1.29, 1.82) is 0 Å². The number of likely N-dealkylation sites (tertiary alicyclic amines) is 1. The highest BCUT2D eigenvalue weighted by Crippen LogP contribution is 2.44. The number of rotatable bonds is 4. The standard InChI is InChI=1S/C22H34N2O4/c23-16-6-1-13(2-7-16)11-14-3-8-17(9-4-14)24-20(25)18-10-5-15(22(27)28)12-19(18)21(24)26/h13-19H,1-12,23H2,(H,27,28). The fraction of sp³-hybridized carbons (Fsp3) is 0.864. The Bertz CT molecular complexity index is 620. The van der Waals surface area contributed by atoms with Crippen LogP contribution in [0, 0.1) is 29.6 Å². The van der Waals surface area contributed by atoms with Gasteiger partial charge < -0.3 is 10.8 Å². The molecule has 0 spiro atoms. The molecule has 4 fully saturated rings. The van der Waals surface area contributed by atoms with Crippen LogP contribution in [-0.4, -0.2) is 39.9 Å². The van der Waals surface area contributed by atoms with Crippen LogP contribution in [0.5, 0.6) is 0 Å². The summed E-state index contributed by atoms with van der Waals surface area (Å²) in [5.41, 5.74) is 6.02. The van der Waals surface area contributed by atoms with E-state index in [0.717, 1.165) is 44.4 Å². The zero-order valence-corrected chi connectivity index (χ0v) is 16.7. The number of nitrogens with zero attached hydrogens (tertiary/aromatic N) is 1. The summed E-state index contributed by atoms with van der Waals surface area (Å²) in [6.07, 6.45) is 11.5. The van der Waals surface area contributed by atoms with Gasteiger partial charge in [0.25, 0.3) is 0 Å². The molecule has 3 saturated carbocycles. The van der Waals surface area contributed by atoms with Crippen LogP contribution in [0.2, 0.25) is 0 Å². The van der Waals surface area contributed by atoms with Crippen molar-refractivity contribution < 1.29 is 19.5 Å². The number of carbonyl (C=O) groups is 3. The van der Waals surface area contributed by atoms with Crippen LogP contribution < -0.4 is 5.73 Å². The van der Waals surface area contributed by atoms with E-state index in [4.69, 9.17) is 5.73 Å². The minimum Gasteiger partial charge on any atom is -0.481 e. The van der Waals surface area contributed by atoms with Crippen LogP contribution in [0.1, 0.15) is 77.0 Å². The second-order valence-corrected chi connectivity index (χ2v) is 9.80. The van der Waals surface area contributed by atoms with Gasteiger partial charge in [-0.1, -0.05) is 0 Å². The molecule has 0 aromatic heterocycles. The molecule has 3 N–H and O–H groups in total. The van der Waals surface area contributed by atoms with Crippen molar-refractivity contribution in [3.63, 3.8) is 0 Å². The quantitative estimate of drug-likeness (QED) is 0.719. The second-order valence-electron chi connectivity index (χ2n) is 9.80. The van der Waals surface area contributed by atoms with E-state index >= 15 is 0 Å². The molecule has 0 bridgehead atoms. The molecule has 4 rings (SSSR count). The van der Waals surface area contributed by atoms with E-state index in [1.807, 2.05) is 0 Å². The van der Waals surface area contributed by atoms with Gasteiger partial charge in [0.15, 0.2) is 0 Å². The summed E-state index contributed by atoms with van der Waals surface area (Å²) in [6.45, 7) is 0. The Kier molecular flexibility index (Phi) is 5.77. The third kappa shape index (κ3) is 3.85. The lowest BCUT2D eigenvalue weighted by molar-refractivity contribution is -0.144. The Morgan fingerprint density at radius 3 is 2.04 bits per heavy atom. The maximum Gasteiger partial charge on any atom is 0.306 e. The number of hydrogen-bond donors (Lipinski definition) is 2. The molecule has 156 valence electrons. The maximum atomic E-state index is 12.9. The number of carboxylic acid groups (broad SMARTS) is 1. The first kappa shape index (κ1) is 19.9. The Morgan fingerprint density at radius 2 is 1.43 bits per heavy atom. The van der Waals surface area contributed by atoms with Crippen molar-refractivity contribution in [2.75, 3.05) is 0 Å². The average Bonchev–Trinajstić information content (AvgIpc) is 2.94. The van der Waals surface area contributed by atoms with Gasteiger partial charge in [0.1, 0.15) is 0 Å². The number of fused-ring (bicyclic) bond motifs is 1. The molecule has 3 aliphatic carbocycles. The number of hydrogen-bond acceptors (Lipinski definition) is 4. The van der Waals surface area contributed by atoms with Crippen molar-refractivity contribution >= 4 is 17.8 Å². The third-order valence-electron chi connectivity index (χ3n) is 8.05. The zero-order chi connectivity index (χ0) is 19.8. The fourth-order valence-electron chi connectivity index (χ4n) is 6.32. The monoisotopic (exact) mass is 390 g/mol. The highest BCUT2D eigenvalue weighted by Gasteiger charge is 2.53. The largest absolute Gasteiger partial charge is 0.481 e. The molecule has 6 nitrogen and oxygen atoms in total. The van der Waals surface area contributed by atoms with Crippen LogP contribution in [-0.2, 0) is 14.4 Å². The predicted molar refractivity (Wildman–Crippen MR) is 104 cm³/mol. The van der Waals surface area contributed by atoms with Gasteiger partial charge in [-0.15, -0.1) is 0 Å². The lowest BCUT2D eigenvalue weighted by Gasteiger charge is -2.36. The highest BCUT2D eigenvalue weighted by molar-refractivity contribution is 6.05. The van der Waals surface area contributed by atoms with E-state index in [1.165, 1.54) is 19.3 Å². The molecule has 1 aliphatic heterocycles. The van der Waals surface area contributed by atoms with Crippen molar-refractivity contribution in [2.24, 2.45) is 35.3 Å². The normalized spacial score (nSPS) is 41.8. The van der Waals surface area contributed by atoms with E-state index in [-0.39, 0.29) is 23.8 Å². The topological polar surface area (TPSA) is 101 Å². The number of aliphatic carboxylic acids is 1. The molecular weight excluding hydrogens is 356 g/mol. The molecule has 0 aromatic rings. The van der Waals surface area contributed by atoms with Gasteiger partial charge in [-0.2, -0.15) is 0 Å². The molecule has 6 heteroatoms. The summed E-state index contributed by atoms with van der Waals surface area (Å²) in [5, 5.41) is 9.29. The first-order valence-electron chi connectivity index (χ1n) is 11.3. The Morgan fingerprint density at radius 1 is 0.857 bits per heavy atom. The van der Waals surface area contributed by atoms with Crippen molar-refractivity contribution in [2.45, 2.75) is 89.1 Å². The number of carboxylic acids is 1. The van der Waals surface area contributed by atoms with Crippen LogP contribution in [0.15, 0.2) is 0 Å². The van der Waals surface area contributed by atoms with E-state index in [9.17, 15) is 19.5 Å². The van der Waals surface area contributed by atoms with Gasteiger partial charge >= 0.3 is 5.97 Å².